The Hall–Kier alpha value is -0.770. The van der Waals surface area contributed by atoms with Gasteiger partial charge in [-0.05, 0) is 10.6 Å². The van der Waals surface area contributed by atoms with Gasteiger partial charge >= 0.3 is 0 Å². The Morgan fingerprint density at radius 3 is 2.57 bits per heavy atom. The van der Waals surface area contributed by atoms with Crippen LogP contribution in [-0.4, -0.2) is 41.9 Å². The fourth-order valence-corrected chi connectivity index (χ4v) is 1.93. The third-order valence-corrected chi connectivity index (χ3v) is 3.65. The first kappa shape index (κ1) is 9.77. The Morgan fingerprint density at radius 1 is 1.29 bits per heavy atom. The monoisotopic (exact) mass is 188 g/mol. The zero-order chi connectivity index (χ0) is 10.6. The highest BCUT2D eigenvalue weighted by Gasteiger charge is 2.45. The van der Waals surface area contributed by atoms with Crippen molar-refractivity contribution in [1.82, 2.24) is 10.5 Å². The Kier molecular flexibility index (Phi) is 1.83. The third kappa shape index (κ3) is 1.06. The fraction of sp³-hybridized carbons (Fsp3) is 0.500. The zero-order valence-corrected chi connectivity index (χ0v) is 9.02. The Labute approximate surface area is 85.8 Å². The van der Waals surface area contributed by atoms with E-state index in [-0.39, 0.29) is 16.1 Å². The van der Waals surface area contributed by atoms with Crippen LogP contribution in [0, 0.1) is 0 Å². The summed E-state index contributed by atoms with van der Waals surface area (Å²) in [5.74, 6) is 0.735. The molecule has 4 nitrogen and oxygen atoms in total. The largest absolute Gasteiger partial charge is 0.382 e. The highest BCUT2D eigenvalue weighted by Crippen LogP contribution is 2.30. The van der Waals surface area contributed by atoms with E-state index in [1.165, 1.54) is 0 Å². The molecule has 0 aliphatic carbocycles. The van der Waals surface area contributed by atoms with Crippen molar-refractivity contribution in [1.29, 1.82) is 0 Å². The van der Waals surface area contributed by atoms with Crippen LogP contribution in [-0.2, 0) is 11.8 Å². The Morgan fingerprint density at radius 2 is 1.93 bits per heavy atom. The van der Waals surface area contributed by atoms with E-state index in [1.807, 2.05) is 0 Å². The van der Waals surface area contributed by atoms with Gasteiger partial charge in [-0.25, -0.2) is 0 Å². The summed E-state index contributed by atoms with van der Waals surface area (Å²) in [6.45, 7) is 0.616. The van der Waals surface area contributed by atoms with Crippen LogP contribution in [0.15, 0.2) is 9.32 Å². The molecular weight excluding hydrogens is 175 g/mol. The Bertz CT molecular complexity index is 422. The first-order chi connectivity index (χ1) is 6.36. The van der Waals surface area contributed by atoms with Gasteiger partial charge in [0.05, 0.1) is 12.1 Å². The number of hydrogen-bond acceptors (Lipinski definition) is 3. The summed E-state index contributed by atoms with van der Waals surface area (Å²) in [6.07, 6.45) is 0. The molecule has 14 heavy (non-hydrogen) atoms. The minimum atomic E-state index is -0.221. The second-order valence-electron chi connectivity index (χ2n) is 4.93. The summed E-state index contributed by atoms with van der Waals surface area (Å²) in [5.41, 5.74) is 0.681. The molecule has 1 aromatic rings. The second kappa shape index (κ2) is 2.63. The highest BCUT2D eigenvalue weighted by molar-refractivity contribution is 6.54. The molecule has 1 aromatic heterocycles. The van der Waals surface area contributed by atoms with E-state index in [2.05, 4.69) is 41.9 Å². The maximum atomic E-state index is 11.6. The van der Waals surface area contributed by atoms with Gasteiger partial charge in [-0.1, -0.05) is 0 Å². The minimum absolute atomic E-state index is 0.0976. The lowest BCUT2D eigenvalue weighted by Crippen LogP contribution is -2.66. The summed E-state index contributed by atoms with van der Waals surface area (Å²) in [5, 5.41) is 5.45. The predicted octanol–water partition coefficient (Wildman–Crippen LogP) is -4.59. The van der Waals surface area contributed by atoms with E-state index in [1.54, 1.807) is 0 Å². The number of aromatic amines is 1. The number of hydrogen-bond donors (Lipinski definition) is 2. The molecule has 8 heteroatoms. The first-order valence-electron chi connectivity index (χ1n) is 4.82. The van der Waals surface area contributed by atoms with Crippen LogP contribution in [0.3, 0.4) is 0 Å². The minimum Gasteiger partial charge on any atom is -0.382 e. The van der Waals surface area contributed by atoms with Crippen LogP contribution in [0.5, 0.6) is 0 Å². The summed E-state index contributed by atoms with van der Waals surface area (Å²) in [4.78, 5) is 11.6. The van der Waals surface area contributed by atoms with E-state index in [0.717, 1.165) is 11.3 Å². The van der Waals surface area contributed by atoms with Crippen molar-refractivity contribution in [2.24, 2.45) is 0 Å². The summed E-state index contributed by atoms with van der Waals surface area (Å²) >= 11 is 0. The molecule has 0 unspecified atom stereocenters. The van der Waals surface area contributed by atoms with E-state index in [0.29, 0.717) is 6.54 Å². The van der Waals surface area contributed by atoms with Crippen LogP contribution >= 0.6 is 0 Å². The van der Waals surface area contributed by atoms with Crippen LogP contribution in [0.4, 0.5) is 0 Å². The SMILES string of the molecule is BC1(B)NCc2o[nH]c(=O)c2C1(B)B. The molecule has 2 rings (SSSR count). The van der Waals surface area contributed by atoms with Gasteiger partial charge in [-0.3, -0.25) is 4.79 Å². The van der Waals surface area contributed by atoms with Crippen LogP contribution in [0.2, 0.25) is 0 Å². The van der Waals surface area contributed by atoms with Crippen molar-refractivity contribution < 1.29 is 4.52 Å². The van der Waals surface area contributed by atoms with Gasteiger partial charge in [-0.15, -0.1) is 0 Å². The van der Waals surface area contributed by atoms with Crippen molar-refractivity contribution in [3.63, 3.8) is 0 Å². The molecule has 0 atom stereocenters. The molecule has 2 N–H and O–H groups in total. The number of H-pyrrole nitrogens is 1. The van der Waals surface area contributed by atoms with Crippen LogP contribution in [0.1, 0.15) is 11.3 Å². The lowest BCUT2D eigenvalue weighted by Gasteiger charge is -2.45. The van der Waals surface area contributed by atoms with Crippen LogP contribution in [0.25, 0.3) is 0 Å². The average Bonchev–Trinajstić information content (AvgIpc) is 2.42. The lowest BCUT2D eigenvalue weighted by atomic mass is 9.31. The van der Waals surface area contributed by atoms with Gasteiger partial charge in [0.1, 0.15) is 31.4 Å². The lowest BCUT2D eigenvalue weighted by molar-refractivity contribution is 0.346. The zero-order valence-electron chi connectivity index (χ0n) is 9.02. The smallest absolute Gasteiger partial charge is 0.282 e. The van der Waals surface area contributed by atoms with Gasteiger partial charge in [0.25, 0.3) is 5.56 Å². The van der Waals surface area contributed by atoms with Gasteiger partial charge in [0.2, 0.25) is 0 Å². The van der Waals surface area contributed by atoms with E-state index in [4.69, 9.17) is 4.52 Å². The summed E-state index contributed by atoms with van der Waals surface area (Å²) in [7, 11) is 8.32. The fourth-order valence-electron chi connectivity index (χ4n) is 1.93. The number of aromatic nitrogens is 1. The van der Waals surface area contributed by atoms with Gasteiger partial charge in [-0.2, -0.15) is 5.16 Å². The molecule has 0 spiro atoms. The summed E-state index contributed by atoms with van der Waals surface area (Å²) < 4.78 is 5.12. The standard InChI is InChI=1S/C6H12B4N2O2/c7-5(8)3-2(14-12-4(3)13)1-11-6(5,9)10/h11H,1,7-10H2,(H,12,13). The summed E-state index contributed by atoms with van der Waals surface area (Å²) in [6, 6.07) is 0. The van der Waals surface area contributed by atoms with Gasteiger partial charge < -0.3 is 9.84 Å². The van der Waals surface area contributed by atoms with Gasteiger partial charge in [0.15, 0.2) is 5.76 Å². The molecule has 1 aliphatic rings. The van der Waals surface area contributed by atoms with E-state index < -0.39 is 0 Å². The third-order valence-electron chi connectivity index (χ3n) is 3.65. The van der Waals surface area contributed by atoms with Gasteiger partial charge in [0, 0.05) is 0 Å². The number of rotatable bonds is 0. The predicted molar refractivity (Wildman–Crippen MR) is 64.8 cm³/mol. The molecule has 0 aromatic carbocycles. The number of nitrogens with one attached hydrogen (secondary N) is 2. The number of fused-ring (bicyclic) bond motifs is 1. The van der Waals surface area contributed by atoms with E-state index >= 15 is 0 Å². The topological polar surface area (TPSA) is 58.0 Å². The van der Waals surface area contributed by atoms with Crippen molar-refractivity contribution in [3.8, 4) is 0 Å². The maximum Gasteiger partial charge on any atom is 0.282 e. The van der Waals surface area contributed by atoms with Crippen LogP contribution < -0.4 is 10.9 Å². The molecule has 0 fully saturated rings. The quantitative estimate of drug-likeness (QED) is 0.402. The van der Waals surface area contributed by atoms with Crippen molar-refractivity contribution in [2.75, 3.05) is 0 Å². The molecule has 0 saturated heterocycles. The van der Waals surface area contributed by atoms with Crippen molar-refractivity contribution >= 4 is 31.4 Å². The van der Waals surface area contributed by atoms with Crippen molar-refractivity contribution in [2.45, 2.75) is 17.1 Å². The normalized spacial score (nSPS) is 22.9. The molecule has 1 aliphatic heterocycles. The van der Waals surface area contributed by atoms with Crippen molar-refractivity contribution in [3.05, 3.63) is 21.7 Å². The second-order valence-corrected chi connectivity index (χ2v) is 4.93. The van der Waals surface area contributed by atoms with E-state index in [9.17, 15) is 4.79 Å². The molecule has 70 valence electrons. The highest BCUT2D eigenvalue weighted by atomic mass is 16.5. The molecule has 2 heterocycles. The average molecular weight is 187 g/mol. The maximum absolute atomic E-state index is 11.6. The molecule has 0 bridgehead atoms. The molecule has 0 saturated carbocycles. The molecule has 0 amide bonds. The Balaban J connectivity index is 2.67. The molecular formula is C6H12B4N2O2. The first-order valence-corrected chi connectivity index (χ1v) is 4.82. The molecule has 0 radical (unpaired) electrons.